The molecule has 0 radical (unpaired) electrons. The summed E-state index contributed by atoms with van der Waals surface area (Å²) in [5.41, 5.74) is -0.302. The van der Waals surface area contributed by atoms with Gasteiger partial charge in [0.1, 0.15) is 0 Å². The highest BCUT2D eigenvalue weighted by Gasteiger charge is 2.23. The predicted molar refractivity (Wildman–Crippen MR) is 58.9 cm³/mol. The summed E-state index contributed by atoms with van der Waals surface area (Å²) in [6, 6.07) is 2.58. The van der Waals surface area contributed by atoms with Gasteiger partial charge in [0.15, 0.2) is 11.6 Å². The second-order valence-corrected chi connectivity index (χ2v) is 4.10. The molecule has 0 saturated heterocycles. The van der Waals surface area contributed by atoms with Crippen molar-refractivity contribution in [2.24, 2.45) is 5.92 Å². The minimum Gasteiger partial charge on any atom is -0.465 e. The molecule has 0 bridgehead atoms. The number of nitrogens with one attached hydrogen (secondary N) is 1. The second-order valence-electron chi connectivity index (χ2n) is 4.10. The van der Waals surface area contributed by atoms with Crippen LogP contribution in [0.15, 0.2) is 12.1 Å². The fraction of sp³-hybridized carbons (Fsp3) is 0.417. The summed E-state index contributed by atoms with van der Waals surface area (Å²) in [4.78, 5) is 11.1. The second kappa shape index (κ2) is 4.69. The maximum atomic E-state index is 13.6. The van der Waals surface area contributed by atoms with Gasteiger partial charge in [-0.1, -0.05) is 0 Å². The normalized spacial score (nSPS) is 14.5. The predicted octanol–water partition coefficient (Wildman–Crippen LogP) is 2.57. The van der Waals surface area contributed by atoms with Gasteiger partial charge >= 0.3 is 5.97 Å². The van der Waals surface area contributed by atoms with E-state index in [1.165, 1.54) is 12.1 Å². The smallest absolute Gasteiger partial charge is 0.340 e. The lowest BCUT2D eigenvalue weighted by Gasteiger charge is -2.09. The molecule has 17 heavy (non-hydrogen) atoms. The Bertz CT molecular complexity index is 444. The van der Waals surface area contributed by atoms with Crippen LogP contribution in [-0.2, 0) is 4.74 Å². The van der Waals surface area contributed by atoms with E-state index in [4.69, 9.17) is 0 Å². The van der Waals surface area contributed by atoms with E-state index >= 15 is 0 Å². The molecule has 0 amide bonds. The van der Waals surface area contributed by atoms with Crippen LogP contribution in [0.3, 0.4) is 0 Å². The van der Waals surface area contributed by atoms with Gasteiger partial charge in [-0.2, -0.15) is 0 Å². The fourth-order valence-corrected chi connectivity index (χ4v) is 1.53. The molecule has 1 N–H and O–H groups in total. The van der Waals surface area contributed by atoms with Gasteiger partial charge in [-0.25, -0.2) is 13.6 Å². The van der Waals surface area contributed by atoms with Crippen LogP contribution in [0.4, 0.5) is 14.5 Å². The molecule has 5 heteroatoms. The van der Waals surface area contributed by atoms with Crippen molar-refractivity contribution in [3.05, 3.63) is 29.3 Å². The molecule has 0 aromatic heterocycles. The van der Waals surface area contributed by atoms with Gasteiger partial charge in [0.05, 0.1) is 18.4 Å². The van der Waals surface area contributed by atoms with Gasteiger partial charge in [0.25, 0.3) is 0 Å². The van der Waals surface area contributed by atoms with E-state index in [1.54, 1.807) is 0 Å². The molecule has 0 atom stereocenters. The molecule has 1 aromatic rings. The number of benzene rings is 1. The SMILES string of the molecule is COC(=O)c1ccc(NCC2CC2)c(F)c1F. The Morgan fingerprint density at radius 3 is 2.71 bits per heavy atom. The Hall–Kier alpha value is -1.65. The summed E-state index contributed by atoms with van der Waals surface area (Å²) >= 11 is 0. The lowest BCUT2D eigenvalue weighted by atomic mass is 10.1. The van der Waals surface area contributed by atoms with Crippen LogP contribution in [0, 0.1) is 17.6 Å². The zero-order chi connectivity index (χ0) is 12.4. The van der Waals surface area contributed by atoms with Crippen LogP contribution in [-0.4, -0.2) is 19.6 Å². The van der Waals surface area contributed by atoms with Crippen LogP contribution < -0.4 is 5.32 Å². The first-order chi connectivity index (χ1) is 8.13. The highest BCUT2D eigenvalue weighted by atomic mass is 19.2. The number of halogens is 2. The first-order valence-electron chi connectivity index (χ1n) is 5.43. The zero-order valence-corrected chi connectivity index (χ0v) is 9.43. The molecule has 0 heterocycles. The van der Waals surface area contributed by atoms with E-state index in [1.807, 2.05) is 0 Å². The molecule has 1 saturated carbocycles. The lowest BCUT2D eigenvalue weighted by Crippen LogP contribution is -2.10. The number of anilines is 1. The summed E-state index contributed by atoms with van der Waals surface area (Å²) in [7, 11) is 1.12. The Balaban J connectivity index is 2.18. The highest BCUT2D eigenvalue weighted by molar-refractivity contribution is 5.90. The molecule has 92 valence electrons. The van der Waals surface area contributed by atoms with E-state index < -0.39 is 17.6 Å². The molecule has 0 aliphatic heterocycles. The number of rotatable bonds is 4. The third-order valence-corrected chi connectivity index (χ3v) is 2.77. The average Bonchev–Trinajstić information content (AvgIpc) is 3.14. The largest absolute Gasteiger partial charge is 0.465 e. The average molecular weight is 241 g/mol. The van der Waals surface area contributed by atoms with Crippen molar-refractivity contribution in [2.75, 3.05) is 19.0 Å². The lowest BCUT2D eigenvalue weighted by molar-refractivity contribution is 0.0594. The third-order valence-electron chi connectivity index (χ3n) is 2.77. The maximum absolute atomic E-state index is 13.6. The monoisotopic (exact) mass is 241 g/mol. The number of hydrogen-bond donors (Lipinski definition) is 1. The summed E-state index contributed by atoms with van der Waals surface area (Å²) in [6.07, 6.45) is 2.24. The van der Waals surface area contributed by atoms with Gasteiger partial charge < -0.3 is 10.1 Å². The van der Waals surface area contributed by atoms with E-state index in [0.717, 1.165) is 20.0 Å². The van der Waals surface area contributed by atoms with E-state index in [-0.39, 0.29) is 11.3 Å². The van der Waals surface area contributed by atoms with Crippen LogP contribution >= 0.6 is 0 Å². The van der Waals surface area contributed by atoms with Crippen LogP contribution in [0.2, 0.25) is 0 Å². The van der Waals surface area contributed by atoms with E-state index in [0.29, 0.717) is 12.5 Å². The summed E-state index contributed by atoms with van der Waals surface area (Å²) < 4.78 is 31.5. The van der Waals surface area contributed by atoms with Crippen LogP contribution in [0.5, 0.6) is 0 Å². The Morgan fingerprint density at radius 1 is 1.41 bits per heavy atom. The topological polar surface area (TPSA) is 38.3 Å². The molecule has 1 aromatic carbocycles. The van der Waals surface area contributed by atoms with E-state index in [9.17, 15) is 13.6 Å². The zero-order valence-electron chi connectivity index (χ0n) is 9.43. The minimum atomic E-state index is -1.17. The van der Waals surface area contributed by atoms with Gasteiger partial charge in [-0.15, -0.1) is 0 Å². The Morgan fingerprint density at radius 2 is 2.12 bits per heavy atom. The Labute approximate surface area is 97.8 Å². The standard InChI is InChI=1S/C12H13F2NO2/c1-17-12(16)8-4-5-9(11(14)10(8)13)15-6-7-2-3-7/h4-5,7,15H,2-3,6H2,1H3. The van der Waals surface area contributed by atoms with Crippen molar-refractivity contribution < 1.29 is 18.3 Å². The molecule has 2 rings (SSSR count). The van der Waals surface area contributed by atoms with Gasteiger partial charge in [-0.05, 0) is 30.9 Å². The van der Waals surface area contributed by atoms with Gasteiger partial charge in [0.2, 0.25) is 0 Å². The number of hydrogen-bond acceptors (Lipinski definition) is 3. The van der Waals surface area contributed by atoms with Crippen LogP contribution in [0.1, 0.15) is 23.2 Å². The Kier molecular flexibility index (Phi) is 3.26. The number of methoxy groups -OCH3 is 1. The summed E-state index contributed by atoms with van der Waals surface area (Å²) in [5.74, 6) is -2.53. The maximum Gasteiger partial charge on any atom is 0.340 e. The van der Waals surface area contributed by atoms with Crippen molar-refractivity contribution in [3.63, 3.8) is 0 Å². The molecule has 0 unspecified atom stereocenters. The number of carbonyl (C=O) groups excluding carboxylic acids is 1. The van der Waals surface area contributed by atoms with Crippen LogP contribution in [0.25, 0.3) is 0 Å². The first kappa shape index (κ1) is 11.8. The quantitative estimate of drug-likeness (QED) is 0.823. The minimum absolute atomic E-state index is 0.0852. The van der Waals surface area contributed by atoms with Crippen molar-refractivity contribution in [2.45, 2.75) is 12.8 Å². The molecular formula is C12H13F2NO2. The number of ether oxygens (including phenoxy) is 1. The van der Waals surface area contributed by atoms with Crippen molar-refractivity contribution in [1.29, 1.82) is 0 Å². The molecule has 1 aliphatic carbocycles. The molecule has 0 spiro atoms. The first-order valence-corrected chi connectivity index (χ1v) is 5.43. The number of carbonyl (C=O) groups is 1. The van der Waals surface area contributed by atoms with Crippen molar-refractivity contribution in [1.82, 2.24) is 0 Å². The van der Waals surface area contributed by atoms with Crippen molar-refractivity contribution in [3.8, 4) is 0 Å². The summed E-state index contributed by atoms with van der Waals surface area (Å²) in [5, 5.41) is 2.83. The fourth-order valence-electron chi connectivity index (χ4n) is 1.53. The molecule has 3 nitrogen and oxygen atoms in total. The van der Waals surface area contributed by atoms with E-state index in [2.05, 4.69) is 10.1 Å². The van der Waals surface area contributed by atoms with Gasteiger partial charge in [-0.3, -0.25) is 0 Å². The molecular weight excluding hydrogens is 228 g/mol. The molecule has 1 fully saturated rings. The van der Waals surface area contributed by atoms with Crippen molar-refractivity contribution >= 4 is 11.7 Å². The number of esters is 1. The summed E-state index contributed by atoms with van der Waals surface area (Å²) in [6.45, 7) is 0.633. The van der Waals surface area contributed by atoms with Gasteiger partial charge in [0, 0.05) is 6.54 Å². The highest BCUT2D eigenvalue weighted by Crippen LogP contribution is 2.30. The third kappa shape index (κ3) is 2.54. The molecule has 1 aliphatic rings.